The van der Waals surface area contributed by atoms with Crippen molar-refractivity contribution in [3.8, 4) is 0 Å². The molecule has 0 aliphatic carbocycles. The van der Waals surface area contributed by atoms with Gasteiger partial charge in [-0.3, -0.25) is 0 Å². The summed E-state index contributed by atoms with van der Waals surface area (Å²) in [5.41, 5.74) is 0. The minimum atomic E-state index is -2.36. The normalized spacial score (nSPS) is 52.1. The molecule has 14 atom stereocenters. The zero-order chi connectivity index (χ0) is 25.4. The smallest absolute Gasteiger partial charge is 0.224 e. The molecule has 0 amide bonds. The summed E-state index contributed by atoms with van der Waals surface area (Å²) in [6.07, 6.45) is -21.8. The van der Waals surface area contributed by atoms with E-state index in [2.05, 4.69) is 0 Å². The van der Waals surface area contributed by atoms with Crippen molar-refractivity contribution in [2.45, 2.75) is 85.5 Å². The first kappa shape index (κ1) is 27.9. The molecule has 11 N–H and O–H groups in total. The minimum Gasteiger partial charge on any atom is -0.394 e. The van der Waals surface area contributed by atoms with Gasteiger partial charge in [0.2, 0.25) is 5.79 Å². The molecule has 0 saturated carbocycles. The Balaban J connectivity index is 1.69. The number of ether oxygens (including phenoxy) is 5. The minimum absolute atomic E-state index is 0.634. The topological polar surface area (TPSA) is 269 Å². The molecule has 3 aliphatic rings. The molecule has 0 bridgehead atoms. The van der Waals surface area contributed by atoms with Crippen LogP contribution in [-0.2, 0) is 23.7 Å². The van der Waals surface area contributed by atoms with Crippen molar-refractivity contribution in [2.75, 3.05) is 26.4 Å². The van der Waals surface area contributed by atoms with Gasteiger partial charge in [0, 0.05) is 0 Å². The summed E-state index contributed by atoms with van der Waals surface area (Å²) in [6, 6.07) is 0. The van der Waals surface area contributed by atoms with Crippen LogP contribution in [0.5, 0.6) is 0 Å². The van der Waals surface area contributed by atoms with Gasteiger partial charge in [-0.15, -0.1) is 0 Å². The van der Waals surface area contributed by atoms with E-state index in [0.717, 1.165) is 0 Å². The van der Waals surface area contributed by atoms with Gasteiger partial charge < -0.3 is 79.9 Å². The Morgan fingerprint density at radius 2 is 1.12 bits per heavy atom. The number of aliphatic hydroxyl groups excluding tert-OH is 11. The SMILES string of the molecule is OC[C@@H]1O[C@H](OC[C@H]2O[C@@H](O[C@]3(CO)O[C@H](CO)[C@H](O)[C@H]3O)[C@@H](O)[C@H](O)[C@@H]2O)[C@@H](O)[C@H](O)[C@H]1O. The quantitative estimate of drug-likeness (QED) is 0.146. The summed E-state index contributed by atoms with van der Waals surface area (Å²) in [5, 5.41) is 109. The molecule has 0 aromatic rings. The van der Waals surface area contributed by atoms with Crippen molar-refractivity contribution >= 4 is 0 Å². The van der Waals surface area contributed by atoms with E-state index in [-0.39, 0.29) is 0 Å². The summed E-state index contributed by atoms with van der Waals surface area (Å²) in [6.45, 7) is -3.14. The van der Waals surface area contributed by atoms with Crippen molar-refractivity contribution in [2.24, 2.45) is 0 Å². The van der Waals surface area contributed by atoms with Crippen LogP contribution in [0.3, 0.4) is 0 Å². The van der Waals surface area contributed by atoms with Crippen LogP contribution in [0, 0.1) is 0 Å². The van der Waals surface area contributed by atoms with Gasteiger partial charge in [-0.2, -0.15) is 0 Å². The van der Waals surface area contributed by atoms with Crippen LogP contribution in [0.4, 0.5) is 0 Å². The molecular formula is C18H32O16. The largest absolute Gasteiger partial charge is 0.394 e. The van der Waals surface area contributed by atoms with E-state index >= 15 is 0 Å². The Morgan fingerprint density at radius 3 is 1.65 bits per heavy atom. The lowest BCUT2D eigenvalue weighted by Gasteiger charge is -2.44. The lowest BCUT2D eigenvalue weighted by atomic mass is 9.98. The monoisotopic (exact) mass is 504 g/mol. The van der Waals surface area contributed by atoms with Crippen LogP contribution < -0.4 is 0 Å². The number of aliphatic hydroxyl groups is 11. The van der Waals surface area contributed by atoms with Crippen LogP contribution in [0.15, 0.2) is 0 Å². The third-order valence-electron chi connectivity index (χ3n) is 6.16. The summed E-state index contributed by atoms with van der Waals surface area (Å²) >= 11 is 0. The first-order valence-corrected chi connectivity index (χ1v) is 10.6. The van der Waals surface area contributed by atoms with E-state index in [1.165, 1.54) is 0 Å². The van der Waals surface area contributed by atoms with Crippen LogP contribution >= 0.6 is 0 Å². The highest BCUT2D eigenvalue weighted by atomic mass is 16.8. The van der Waals surface area contributed by atoms with E-state index < -0.39 is 112 Å². The van der Waals surface area contributed by atoms with Crippen molar-refractivity contribution in [3.05, 3.63) is 0 Å². The first-order valence-electron chi connectivity index (χ1n) is 10.6. The second-order valence-corrected chi connectivity index (χ2v) is 8.41. The molecule has 16 nitrogen and oxygen atoms in total. The molecule has 0 radical (unpaired) electrons. The number of hydrogen-bond donors (Lipinski definition) is 11. The second-order valence-electron chi connectivity index (χ2n) is 8.41. The van der Waals surface area contributed by atoms with Crippen molar-refractivity contribution in [1.29, 1.82) is 0 Å². The zero-order valence-electron chi connectivity index (χ0n) is 17.8. The molecule has 0 spiro atoms. The molecule has 3 aliphatic heterocycles. The fourth-order valence-electron chi connectivity index (χ4n) is 4.01. The molecule has 16 heteroatoms. The van der Waals surface area contributed by atoms with Gasteiger partial charge in [0.1, 0.15) is 73.8 Å². The Morgan fingerprint density at radius 1 is 0.588 bits per heavy atom. The number of rotatable bonds is 8. The predicted octanol–water partition coefficient (Wildman–Crippen LogP) is -7.57. The van der Waals surface area contributed by atoms with Gasteiger partial charge in [0.15, 0.2) is 12.6 Å². The Labute approximate surface area is 192 Å². The van der Waals surface area contributed by atoms with Crippen LogP contribution in [-0.4, -0.2) is 168 Å². The fraction of sp³-hybridized carbons (Fsp3) is 1.00. The highest BCUT2D eigenvalue weighted by molar-refractivity contribution is 4.98. The molecule has 3 saturated heterocycles. The average molecular weight is 504 g/mol. The van der Waals surface area contributed by atoms with Gasteiger partial charge in [-0.1, -0.05) is 0 Å². The van der Waals surface area contributed by atoms with E-state index in [9.17, 15) is 56.2 Å². The van der Waals surface area contributed by atoms with E-state index in [1.807, 2.05) is 0 Å². The van der Waals surface area contributed by atoms with Crippen molar-refractivity contribution < 1.29 is 79.9 Å². The predicted molar refractivity (Wildman–Crippen MR) is 101 cm³/mol. The molecule has 3 fully saturated rings. The Bertz CT molecular complexity index is 653. The van der Waals surface area contributed by atoms with Crippen LogP contribution in [0.25, 0.3) is 0 Å². The van der Waals surface area contributed by atoms with Gasteiger partial charge in [-0.25, -0.2) is 0 Å². The highest BCUT2D eigenvalue weighted by Gasteiger charge is 2.58. The van der Waals surface area contributed by atoms with E-state index in [1.54, 1.807) is 0 Å². The Kier molecular flexibility index (Phi) is 9.18. The maximum atomic E-state index is 10.3. The fourth-order valence-corrected chi connectivity index (χ4v) is 4.01. The highest BCUT2D eigenvalue weighted by Crippen LogP contribution is 2.36. The van der Waals surface area contributed by atoms with Crippen LogP contribution in [0.2, 0.25) is 0 Å². The summed E-state index contributed by atoms with van der Waals surface area (Å²) in [5.74, 6) is -2.36. The first-order chi connectivity index (χ1) is 16.0. The molecular weight excluding hydrogens is 472 g/mol. The molecule has 0 aromatic carbocycles. The van der Waals surface area contributed by atoms with Gasteiger partial charge in [-0.05, 0) is 0 Å². The summed E-state index contributed by atoms with van der Waals surface area (Å²) in [7, 11) is 0. The molecule has 3 rings (SSSR count). The molecule has 0 aromatic heterocycles. The average Bonchev–Trinajstić information content (AvgIpc) is 3.08. The maximum absolute atomic E-state index is 10.3. The zero-order valence-corrected chi connectivity index (χ0v) is 17.8. The van der Waals surface area contributed by atoms with Gasteiger partial charge in [0.25, 0.3) is 0 Å². The Hall–Kier alpha value is -0.640. The lowest BCUT2D eigenvalue weighted by Crippen LogP contribution is -2.63. The van der Waals surface area contributed by atoms with E-state index in [0.29, 0.717) is 0 Å². The standard InChI is InChI=1S/C18H32O16/c19-1-5-8(22)11(25)13(27)16(31-5)30-3-7-9(23)12(26)14(28)17(32-7)34-18(4-21)15(29)10(24)6(2-20)33-18/h5-17,19-29H,1-4H2/t5-,6+,7+,8-,9+,10-,11+,12+,13-,14-,15+,16-,17-,18-/m0/s1. The molecule has 0 unspecified atom stereocenters. The second kappa shape index (κ2) is 11.2. The van der Waals surface area contributed by atoms with Crippen LogP contribution in [0.1, 0.15) is 0 Å². The molecule has 34 heavy (non-hydrogen) atoms. The van der Waals surface area contributed by atoms with Crippen molar-refractivity contribution in [1.82, 2.24) is 0 Å². The lowest BCUT2D eigenvalue weighted by molar-refractivity contribution is -0.388. The third kappa shape index (κ3) is 5.09. The summed E-state index contributed by atoms with van der Waals surface area (Å²) in [4.78, 5) is 0. The van der Waals surface area contributed by atoms with Gasteiger partial charge >= 0.3 is 0 Å². The maximum Gasteiger partial charge on any atom is 0.224 e. The molecule has 200 valence electrons. The van der Waals surface area contributed by atoms with Crippen molar-refractivity contribution in [3.63, 3.8) is 0 Å². The third-order valence-corrected chi connectivity index (χ3v) is 6.16. The number of hydrogen-bond acceptors (Lipinski definition) is 16. The summed E-state index contributed by atoms with van der Waals surface area (Å²) < 4.78 is 26.4. The van der Waals surface area contributed by atoms with Gasteiger partial charge in [0.05, 0.1) is 19.8 Å². The molecule has 3 heterocycles. The van der Waals surface area contributed by atoms with E-state index in [4.69, 9.17) is 23.7 Å².